The zero-order valence-corrected chi connectivity index (χ0v) is 17.6. The number of aryl methyl sites for hydroxylation is 3. The molecule has 0 aliphatic heterocycles. The lowest BCUT2D eigenvalue weighted by atomic mass is 10.1. The van der Waals surface area contributed by atoms with Crippen molar-refractivity contribution in [3.63, 3.8) is 0 Å². The number of hydrogen-bond acceptors (Lipinski definition) is 5. The molecule has 0 spiro atoms. The number of ether oxygens (including phenoxy) is 1. The van der Waals surface area contributed by atoms with Gasteiger partial charge in [-0.1, -0.05) is 23.7 Å². The van der Waals surface area contributed by atoms with Crippen LogP contribution < -0.4 is 5.32 Å². The van der Waals surface area contributed by atoms with E-state index in [1.165, 1.54) is 6.92 Å². The van der Waals surface area contributed by atoms with E-state index in [0.29, 0.717) is 17.1 Å². The van der Waals surface area contributed by atoms with Gasteiger partial charge in [0.05, 0.1) is 16.4 Å². The molecule has 0 unspecified atom stereocenters. The van der Waals surface area contributed by atoms with Crippen molar-refractivity contribution in [3.8, 4) is 0 Å². The summed E-state index contributed by atoms with van der Waals surface area (Å²) in [5.41, 5.74) is 4.89. The topological polar surface area (TPSA) is 85.6 Å². The van der Waals surface area contributed by atoms with Gasteiger partial charge in [-0.3, -0.25) is 9.59 Å². The van der Waals surface area contributed by atoms with Crippen molar-refractivity contribution in [2.45, 2.75) is 46.6 Å². The van der Waals surface area contributed by atoms with Crippen LogP contribution in [0.3, 0.4) is 0 Å². The summed E-state index contributed by atoms with van der Waals surface area (Å²) in [6, 6.07) is 8.79. The van der Waals surface area contributed by atoms with Gasteiger partial charge >= 0.3 is 5.97 Å². The highest BCUT2D eigenvalue weighted by atomic mass is 35.5. The van der Waals surface area contributed by atoms with Gasteiger partial charge in [0.25, 0.3) is 5.91 Å². The third-order valence-electron chi connectivity index (χ3n) is 4.67. The molecule has 0 aliphatic carbocycles. The van der Waals surface area contributed by atoms with Crippen LogP contribution in [0.2, 0.25) is 5.02 Å². The van der Waals surface area contributed by atoms with E-state index in [1.807, 2.05) is 26.8 Å². The Balaban J connectivity index is 1.60. The SMILES string of the molecule is Cc1cc2nc(C)c(CCC(=O)O[C@@H](C)C(=O)Nc3ccccc3Cl)c(C)n2n1. The van der Waals surface area contributed by atoms with E-state index >= 15 is 0 Å². The highest BCUT2D eigenvalue weighted by Gasteiger charge is 2.20. The Morgan fingerprint density at radius 2 is 1.97 bits per heavy atom. The van der Waals surface area contributed by atoms with Gasteiger partial charge in [-0.2, -0.15) is 5.10 Å². The van der Waals surface area contributed by atoms with Gasteiger partial charge in [-0.25, -0.2) is 9.50 Å². The number of anilines is 1. The summed E-state index contributed by atoms with van der Waals surface area (Å²) in [7, 11) is 0. The normalized spacial score (nSPS) is 12.0. The number of benzene rings is 1. The van der Waals surface area contributed by atoms with Gasteiger partial charge in [0.1, 0.15) is 0 Å². The lowest BCUT2D eigenvalue weighted by Gasteiger charge is -2.15. The number of para-hydroxylation sites is 1. The van der Waals surface area contributed by atoms with E-state index in [1.54, 1.807) is 28.8 Å². The molecule has 1 atom stereocenters. The van der Waals surface area contributed by atoms with Crippen molar-refractivity contribution in [2.24, 2.45) is 0 Å². The fourth-order valence-electron chi connectivity index (χ4n) is 3.14. The molecule has 0 radical (unpaired) electrons. The first-order valence-corrected chi connectivity index (χ1v) is 9.71. The number of aromatic nitrogens is 3. The molecule has 1 amide bonds. The average molecular weight is 415 g/mol. The molecule has 3 aromatic rings. The van der Waals surface area contributed by atoms with E-state index in [4.69, 9.17) is 16.3 Å². The number of amides is 1. The molecule has 0 saturated heterocycles. The van der Waals surface area contributed by atoms with Crippen LogP contribution in [0.4, 0.5) is 5.69 Å². The molecule has 7 nitrogen and oxygen atoms in total. The Kier molecular flexibility index (Phi) is 6.17. The predicted octanol–water partition coefficient (Wildman–Crippen LogP) is 3.81. The van der Waals surface area contributed by atoms with Gasteiger partial charge in [-0.15, -0.1) is 0 Å². The summed E-state index contributed by atoms with van der Waals surface area (Å²) in [5.74, 6) is -0.892. The molecule has 0 saturated carbocycles. The number of hydrogen-bond donors (Lipinski definition) is 1. The Morgan fingerprint density at radius 1 is 1.24 bits per heavy atom. The summed E-state index contributed by atoms with van der Waals surface area (Å²) in [4.78, 5) is 29.1. The zero-order chi connectivity index (χ0) is 21.1. The Labute approximate surface area is 174 Å². The van der Waals surface area contributed by atoms with Crippen LogP contribution in [0.25, 0.3) is 5.65 Å². The molecule has 2 heterocycles. The van der Waals surface area contributed by atoms with E-state index in [0.717, 1.165) is 28.3 Å². The molecular weight excluding hydrogens is 392 g/mol. The standard InChI is InChI=1S/C21H23ClN4O3/c1-12-11-19-23-13(2)16(14(3)26(19)25-12)9-10-20(27)29-15(4)21(28)24-18-8-6-5-7-17(18)22/h5-8,11,15H,9-10H2,1-4H3,(H,24,28)/t15-/m0/s1. The van der Waals surface area contributed by atoms with E-state index in [9.17, 15) is 9.59 Å². The second kappa shape index (κ2) is 8.61. The molecule has 0 aliphatic rings. The quantitative estimate of drug-likeness (QED) is 0.620. The maximum absolute atomic E-state index is 12.3. The number of esters is 1. The van der Waals surface area contributed by atoms with Crippen molar-refractivity contribution in [2.75, 3.05) is 5.32 Å². The summed E-state index contributed by atoms with van der Waals surface area (Å²) >= 11 is 6.03. The van der Waals surface area contributed by atoms with Crippen molar-refractivity contribution in [3.05, 3.63) is 58.0 Å². The van der Waals surface area contributed by atoms with Crippen molar-refractivity contribution in [1.82, 2.24) is 14.6 Å². The van der Waals surface area contributed by atoms with Crippen LogP contribution in [0.1, 0.15) is 36.0 Å². The van der Waals surface area contributed by atoms with Gasteiger partial charge in [-0.05, 0) is 51.8 Å². The predicted molar refractivity (Wildman–Crippen MR) is 111 cm³/mol. The summed E-state index contributed by atoms with van der Waals surface area (Å²) < 4.78 is 7.06. The van der Waals surface area contributed by atoms with Crippen LogP contribution in [0, 0.1) is 20.8 Å². The fourth-order valence-corrected chi connectivity index (χ4v) is 3.32. The van der Waals surface area contributed by atoms with Crippen LogP contribution in [-0.4, -0.2) is 32.6 Å². The maximum Gasteiger partial charge on any atom is 0.306 e. The Bertz CT molecular complexity index is 1080. The summed E-state index contributed by atoms with van der Waals surface area (Å²) in [6.45, 7) is 7.31. The number of fused-ring (bicyclic) bond motifs is 1. The highest BCUT2D eigenvalue weighted by molar-refractivity contribution is 6.33. The second-order valence-electron chi connectivity index (χ2n) is 6.92. The average Bonchev–Trinajstić information content (AvgIpc) is 3.03. The monoisotopic (exact) mass is 414 g/mol. The van der Waals surface area contributed by atoms with Crippen molar-refractivity contribution >= 4 is 34.8 Å². The lowest BCUT2D eigenvalue weighted by Crippen LogP contribution is -2.30. The van der Waals surface area contributed by atoms with Gasteiger partial charge in [0.2, 0.25) is 0 Å². The smallest absolute Gasteiger partial charge is 0.306 e. The van der Waals surface area contributed by atoms with E-state index in [2.05, 4.69) is 15.4 Å². The van der Waals surface area contributed by atoms with Gasteiger partial charge < -0.3 is 10.1 Å². The second-order valence-corrected chi connectivity index (χ2v) is 7.33. The molecule has 0 fully saturated rings. The minimum atomic E-state index is -0.935. The van der Waals surface area contributed by atoms with E-state index < -0.39 is 18.0 Å². The van der Waals surface area contributed by atoms with Gasteiger partial charge in [0.15, 0.2) is 11.8 Å². The zero-order valence-electron chi connectivity index (χ0n) is 16.8. The molecule has 152 valence electrons. The molecule has 8 heteroatoms. The van der Waals surface area contributed by atoms with Crippen LogP contribution in [-0.2, 0) is 20.7 Å². The third kappa shape index (κ3) is 4.74. The van der Waals surface area contributed by atoms with E-state index in [-0.39, 0.29) is 6.42 Å². The first-order chi connectivity index (χ1) is 13.8. The lowest BCUT2D eigenvalue weighted by molar-refractivity contribution is -0.153. The van der Waals surface area contributed by atoms with Gasteiger partial charge in [0, 0.05) is 23.9 Å². The van der Waals surface area contributed by atoms with Crippen molar-refractivity contribution in [1.29, 1.82) is 0 Å². The fraction of sp³-hybridized carbons (Fsp3) is 0.333. The molecule has 0 bridgehead atoms. The molecule has 2 aromatic heterocycles. The number of carbonyl (C=O) groups is 2. The Hall–Kier alpha value is -2.93. The number of rotatable bonds is 6. The number of halogens is 1. The maximum atomic E-state index is 12.3. The van der Waals surface area contributed by atoms with Crippen LogP contribution >= 0.6 is 11.6 Å². The van der Waals surface area contributed by atoms with Crippen LogP contribution in [0.5, 0.6) is 0 Å². The summed E-state index contributed by atoms with van der Waals surface area (Å²) in [6.07, 6.45) is -0.342. The molecular formula is C21H23ClN4O3. The Morgan fingerprint density at radius 3 is 2.69 bits per heavy atom. The van der Waals surface area contributed by atoms with Crippen molar-refractivity contribution < 1.29 is 14.3 Å². The number of nitrogens with zero attached hydrogens (tertiary/aromatic N) is 3. The minimum Gasteiger partial charge on any atom is -0.453 e. The first kappa shape index (κ1) is 20.8. The number of carbonyl (C=O) groups excluding carboxylic acids is 2. The first-order valence-electron chi connectivity index (χ1n) is 9.33. The molecule has 29 heavy (non-hydrogen) atoms. The molecule has 1 N–H and O–H groups in total. The summed E-state index contributed by atoms with van der Waals surface area (Å²) in [5, 5.41) is 7.51. The third-order valence-corrected chi connectivity index (χ3v) is 5.00. The molecule has 3 rings (SSSR count). The number of nitrogens with one attached hydrogen (secondary N) is 1. The van der Waals surface area contributed by atoms with Crippen LogP contribution in [0.15, 0.2) is 30.3 Å². The molecule has 1 aromatic carbocycles. The largest absolute Gasteiger partial charge is 0.453 e. The highest BCUT2D eigenvalue weighted by Crippen LogP contribution is 2.21. The minimum absolute atomic E-state index is 0.138.